The lowest BCUT2D eigenvalue weighted by atomic mass is 9.89. The van der Waals surface area contributed by atoms with E-state index in [2.05, 4.69) is 37.4 Å². The van der Waals surface area contributed by atoms with Gasteiger partial charge in [-0.2, -0.15) is 0 Å². The number of nitrogens with one attached hydrogen (secondary N) is 1. The zero-order valence-electron chi connectivity index (χ0n) is 11.3. The standard InChI is InChI=1S/C16H25N/c1-3-15-6-5-14(12-16(15)4-2)11-13-7-9-17-10-8-13/h5-6,12-13,17H,3-4,7-11H2,1-2H3. The molecule has 1 heteroatoms. The first kappa shape index (κ1) is 12.6. The molecule has 0 atom stereocenters. The summed E-state index contributed by atoms with van der Waals surface area (Å²) in [6.07, 6.45) is 6.30. The number of hydrogen-bond donors (Lipinski definition) is 1. The fourth-order valence-corrected chi connectivity index (χ4v) is 2.90. The van der Waals surface area contributed by atoms with Crippen molar-refractivity contribution in [1.82, 2.24) is 5.32 Å². The van der Waals surface area contributed by atoms with Crippen LogP contribution in [0.15, 0.2) is 18.2 Å². The molecule has 1 fully saturated rings. The van der Waals surface area contributed by atoms with Gasteiger partial charge in [-0.1, -0.05) is 32.0 Å². The Balaban J connectivity index is 2.05. The Bertz CT molecular complexity index is 351. The van der Waals surface area contributed by atoms with Crippen molar-refractivity contribution < 1.29 is 0 Å². The predicted octanol–water partition coefficient (Wildman–Crippen LogP) is 3.35. The maximum absolute atomic E-state index is 3.44. The molecule has 0 bridgehead atoms. The monoisotopic (exact) mass is 231 g/mol. The van der Waals surface area contributed by atoms with Crippen molar-refractivity contribution in [2.75, 3.05) is 13.1 Å². The summed E-state index contributed by atoms with van der Waals surface area (Å²) < 4.78 is 0. The molecule has 0 aliphatic carbocycles. The second-order valence-corrected chi connectivity index (χ2v) is 5.21. The van der Waals surface area contributed by atoms with Crippen LogP contribution >= 0.6 is 0 Å². The Labute approximate surface area is 106 Å². The van der Waals surface area contributed by atoms with E-state index in [1.807, 2.05) is 0 Å². The van der Waals surface area contributed by atoms with Gasteiger partial charge in [0.05, 0.1) is 0 Å². The third-order valence-electron chi connectivity index (χ3n) is 4.02. The topological polar surface area (TPSA) is 12.0 Å². The van der Waals surface area contributed by atoms with E-state index in [1.165, 1.54) is 44.3 Å². The van der Waals surface area contributed by atoms with Crippen molar-refractivity contribution in [1.29, 1.82) is 0 Å². The third-order valence-corrected chi connectivity index (χ3v) is 4.02. The molecule has 17 heavy (non-hydrogen) atoms. The van der Waals surface area contributed by atoms with Crippen LogP contribution in [0.4, 0.5) is 0 Å². The van der Waals surface area contributed by atoms with Gasteiger partial charge >= 0.3 is 0 Å². The van der Waals surface area contributed by atoms with Crippen LogP contribution in [0.25, 0.3) is 0 Å². The molecule has 1 aromatic carbocycles. The van der Waals surface area contributed by atoms with E-state index in [0.29, 0.717) is 0 Å². The van der Waals surface area contributed by atoms with Gasteiger partial charge in [0, 0.05) is 0 Å². The second-order valence-electron chi connectivity index (χ2n) is 5.21. The molecule has 1 saturated heterocycles. The number of aryl methyl sites for hydroxylation is 2. The van der Waals surface area contributed by atoms with Crippen LogP contribution in [-0.2, 0) is 19.3 Å². The summed E-state index contributed by atoms with van der Waals surface area (Å²) in [5.41, 5.74) is 4.63. The maximum atomic E-state index is 3.44. The van der Waals surface area contributed by atoms with Crippen LogP contribution in [-0.4, -0.2) is 13.1 Å². The first-order chi connectivity index (χ1) is 8.33. The van der Waals surface area contributed by atoms with Crippen molar-refractivity contribution in [2.45, 2.75) is 46.0 Å². The average molecular weight is 231 g/mol. The van der Waals surface area contributed by atoms with E-state index in [-0.39, 0.29) is 0 Å². The van der Waals surface area contributed by atoms with Crippen molar-refractivity contribution in [3.8, 4) is 0 Å². The highest BCUT2D eigenvalue weighted by molar-refractivity contribution is 5.32. The van der Waals surface area contributed by atoms with E-state index < -0.39 is 0 Å². The molecule has 1 aliphatic heterocycles. The maximum Gasteiger partial charge on any atom is -0.00462 e. The molecule has 0 unspecified atom stereocenters. The van der Waals surface area contributed by atoms with Crippen LogP contribution in [0.2, 0.25) is 0 Å². The van der Waals surface area contributed by atoms with Gasteiger partial charge in [-0.25, -0.2) is 0 Å². The molecule has 1 nitrogen and oxygen atoms in total. The van der Waals surface area contributed by atoms with E-state index in [9.17, 15) is 0 Å². The molecule has 0 radical (unpaired) electrons. The number of rotatable bonds is 4. The summed E-state index contributed by atoms with van der Waals surface area (Å²) in [6, 6.07) is 7.14. The molecule has 0 amide bonds. The summed E-state index contributed by atoms with van der Waals surface area (Å²) in [6.45, 7) is 6.93. The highest BCUT2D eigenvalue weighted by Crippen LogP contribution is 2.21. The van der Waals surface area contributed by atoms with E-state index in [1.54, 1.807) is 11.1 Å². The second kappa shape index (κ2) is 6.20. The minimum absolute atomic E-state index is 0.897. The van der Waals surface area contributed by atoms with E-state index in [0.717, 1.165) is 12.3 Å². The van der Waals surface area contributed by atoms with Crippen molar-refractivity contribution in [2.24, 2.45) is 5.92 Å². The highest BCUT2D eigenvalue weighted by atomic mass is 14.9. The molecule has 0 aromatic heterocycles. The minimum atomic E-state index is 0.897. The smallest absolute Gasteiger partial charge is 0.00462 e. The minimum Gasteiger partial charge on any atom is -0.317 e. The van der Waals surface area contributed by atoms with E-state index in [4.69, 9.17) is 0 Å². The highest BCUT2D eigenvalue weighted by Gasteiger charge is 2.13. The van der Waals surface area contributed by atoms with Gasteiger partial charge < -0.3 is 5.32 Å². The lowest BCUT2D eigenvalue weighted by Gasteiger charge is -2.23. The lowest BCUT2D eigenvalue weighted by Crippen LogP contribution is -2.28. The summed E-state index contributed by atoms with van der Waals surface area (Å²) in [7, 11) is 0. The zero-order chi connectivity index (χ0) is 12.1. The molecule has 1 N–H and O–H groups in total. The molecule has 94 valence electrons. The Kier molecular flexibility index (Phi) is 4.61. The number of hydrogen-bond acceptors (Lipinski definition) is 1. The normalized spacial score (nSPS) is 17.3. The van der Waals surface area contributed by atoms with Crippen molar-refractivity contribution in [3.05, 3.63) is 34.9 Å². The number of piperidine rings is 1. The first-order valence-electron chi connectivity index (χ1n) is 7.14. The molecule has 0 saturated carbocycles. The Morgan fingerprint density at radius 1 is 1.06 bits per heavy atom. The predicted molar refractivity (Wildman–Crippen MR) is 74.5 cm³/mol. The molecular formula is C16H25N. The third kappa shape index (κ3) is 3.32. The molecule has 2 rings (SSSR count). The summed E-state index contributed by atoms with van der Waals surface area (Å²) in [5.74, 6) is 0.897. The van der Waals surface area contributed by atoms with Crippen LogP contribution in [0, 0.1) is 5.92 Å². The quantitative estimate of drug-likeness (QED) is 0.838. The summed E-state index contributed by atoms with van der Waals surface area (Å²) in [4.78, 5) is 0. The summed E-state index contributed by atoms with van der Waals surface area (Å²) >= 11 is 0. The van der Waals surface area contributed by atoms with Crippen LogP contribution in [0.5, 0.6) is 0 Å². The Morgan fingerprint density at radius 2 is 1.76 bits per heavy atom. The molecule has 1 aromatic rings. The summed E-state index contributed by atoms with van der Waals surface area (Å²) in [5, 5.41) is 3.44. The van der Waals surface area contributed by atoms with Gasteiger partial charge in [-0.05, 0) is 67.8 Å². The van der Waals surface area contributed by atoms with E-state index >= 15 is 0 Å². The SMILES string of the molecule is CCc1ccc(CC2CCNCC2)cc1CC. The van der Waals surface area contributed by atoms with Gasteiger partial charge in [0.1, 0.15) is 0 Å². The fraction of sp³-hybridized carbons (Fsp3) is 0.625. The zero-order valence-corrected chi connectivity index (χ0v) is 11.3. The average Bonchev–Trinajstić information content (AvgIpc) is 2.40. The van der Waals surface area contributed by atoms with Gasteiger partial charge in [0.2, 0.25) is 0 Å². The van der Waals surface area contributed by atoms with Crippen LogP contribution in [0.1, 0.15) is 43.4 Å². The van der Waals surface area contributed by atoms with Gasteiger partial charge in [-0.3, -0.25) is 0 Å². The van der Waals surface area contributed by atoms with Crippen molar-refractivity contribution >= 4 is 0 Å². The Hall–Kier alpha value is -0.820. The fourth-order valence-electron chi connectivity index (χ4n) is 2.90. The number of benzene rings is 1. The lowest BCUT2D eigenvalue weighted by molar-refractivity contribution is 0.372. The van der Waals surface area contributed by atoms with Crippen LogP contribution in [0.3, 0.4) is 0 Å². The first-order valence-corrected chi connectivity index (χ1v) is 7.14. The van der Waals surface area contributed by atoms with Gasteiger partial charge in [0.15, 0.2) is 0 Å². The van der Waals surface area contributed by atoms with Gasteiger partial charge in [0.25, 0.3) is 0 Å². The molecule has 0 spiro atoms. The van der Waals surface area contributed by atoms with Gasteiger partial charge in [-0.15, -0.1) is 0 Å². The van der Waals surface area contributed by atoms with Crippen LogP contribution < -0.4 is 5.32 Å². The Morgan fingerprint density at radius 3 is 2.41 bits per heavy atom. The molecular weight excluding hydrogens is 206 g/mol. The molecule has 1 aliphatic rings. The largest absolute Gasteiger partial charge is 0.317 e. The van der Waals surface area contributed by atoms with Crippen molar-refractivity contribution in [3.63, 3.8) is 0 Å². The molecule has 1 heterocycles.